The lowest BCUT2D eigenvalue weighted by molar-refractivity contribution is -0.0454. The summed E-state index contributed by atoms with van der Waals surface area (Å²) in [7, 11) is 1.73. The Bertz CT molecular complexity index is 522. The first-order valence-corrected chi connectivity index (χ1v) is 10.3. The van der Waals surface area contributed by atoms with Gasteiger partial charge in [0.25, 0.3) is 0 Å². The van der Waals surface area contributed by atoms with Crippen molar-refractivity contribution in [2.45, 2.75) is 58.0 Å². The van der Waals surface area contributed by atoms with E-state index in [4.69, 9.17) is 9.47 Å². The van der Waals surface area contributed by atoms with Crippen molar-refractivity contribution in [1.82, 2.24) is 5.32 Å². The lowest BCUT2D eigenvalue weighted by atomic mass is 9.74. The van der Waals surface area contributed by atoms with Gasteiger partial charge >= 0.3 is 0 Å². The molecule has 0 bridgehead atoms. The maximum atomic E-state index is 11.8. The van der Waals surface area contributed by atoms with Crippen molar-refractivity contribution in [3.63, 3.8) is 0 Å². The number of aliphatic hydroxyl groups is 1. The van der Waals surface area contributed by atoms with Gasteiger partial charge in [0.15, 0.2) is 0 Å². The van der Waals surface area contributed by atoms with Crippen LogP contribution in [0.3, 0.4) is 0 Å². The van der Waals surface area contributed by atoms with Crippen molar-refractivity contribution in [3.05, 3.63) is 29.8 Å². The zero-order chi connectivity index (χ0) is 18.8. The fourth-order valence-corrected chi connectivity index (χ4v) is 3.76. The maximum absolute atomic E-state index is 11.8. The largest absolute Gasteiger partial charge is 0.493 e. The lowest BCUT2D eigenvalue weighted by Gasteiger charge is -2.40. The highest BCUT2D eigenvalue weighted by atomic mass is 35.5. The molecule has 0 aromatic heterocycles. The molecule has 3 unspecified atom stereocenters. The van der Waals surface area contributed by atoms with Gasteiger partial charge < -0.3 is 19.9 Å². The summed E-state index contributed by atoms with van der Waals surface area (Å²) in [6.07, 6.45) is 5.91. The normalized spacial score (nSPS) is 20.4. The lowest BCUT2D eigenvalue weighted by Crippen LogP contribution is -2.44. The Morgan fingerprint density at radius 3 is 2.74 bits per heavy atom. The van der Waals surface area contributed by atoms with E-state index >= 15 is 0 Å². The van der Waals surface area contributed by atoms with Gasteiger partial charge in [-0.05, 0) is 50.6 Å². The van der Waals surface area contributed by atoms with Crippen LogP contribution >= 0.6 is 12.4 Å². The summed E-state index contributed by atoms with van der Waals surface area (Å²) in [4.78, 5) is 0. The molecule has 1 fully saturated rings. The van der Waals surface area contributed by atoms with E-state index in [1.165, 1.54) is 0 Å². The fraction of sp³-hybridized carbons (Fsp3) is 0.727. The Balaban J connectivity index is 0.00000364. The van der Waals surface area contributed by atoms with Crippen molar-refractivity contribution in [2.75, 3.05) is 33.4 Å². The summed E-state index contributed by atoms with van der Waals surface area (Å²) in [6.45, 7) is 7.72. The van der Waals surface area contributed by atoms with Crippen LogP contribution in [0.15, 0.2) is 24.3 Å². The monoisotopic (exact) mass is 399 g/mol. The highest BCUT2D eigenvalue weighted by Crippen LogP contribution is 2.42. The van der Waals surface area contributed by atoms with E-state index in [2.05, 4.69) is 25.2 Å². The van der Waals surface area contributed by atoms with Crippen molar-refractivity contribution < 1.29 is 14.6 Å². The third-order valence-corrected chi connectivity index (χ3v) is 5.70. The van der Waals surface area contributed by atoms with Gasteiger partial charge in [0, 0.05) is 31.7 Å². The quantitative estimate of drug-likeness (QED) is 0.536. The first kappa shape index (κ1) is 24.2. The van der Waals surface area contributed by atoms with E-state index in [-0.39, 0.29) is 18.3 Å². The zero-order valence-corrected chi connectivity index (χ0v) is 18.0. The van der Waals surface area contributed by atoms with E-state index in [0.717, 1.165) is 69.5 Å². The van der Waals surface area contributed by atoms with Crippen LogP contribution in [0.2, 0.25) is 0 Å². The van der Waals surface area contributed by atoms with Gasteiger partial charge in [-0.25, -0.2) is 0 Å². The minimum Gasteiger partial charge on any atom is -0.493 e. The third-order valence-electron chi connectivity index (χ3n) is 5.70. The minimum atomic E-state index is -0.854. The number of methoxy groups -OCH3 is 1. The molecule has 5 heteroatoms. The number of ether oxygens (including phenoxy) is 2. The molecule has 0 aliphatic carbocycles. The van der Waals surface area contributed by atoms with Gasteiger partial charge in [-0.15, -0.1) is 12.4 Å². The summed E-state index contributed by atoms with van der Waals surface area (Å²) in [5.41, 5.74) is 0.0992. The molecule has 0 radical (unpaired) electrons. The van der Waals surface area contributed by atoms with E-state index < -0.39 is 5.60 Å². The zero-order valence-electron chi connectivity index (χ0n) is 17.2. The molecule has 1 aliphatic rings. The first-order chi connectivity index (χ1) is 12.6. The molecule has 1 aliphatic heterocycles. The Hall–Kier alpha value is -0.810. The summed E-state index contributed by atoms with van der Waals surface area (Å²) in [6, 6.07) is 8.08. The molecular formula is C22H38ClNO3. The van der Waals surface area contributed by atoms with E-state index in [1.54, 1.807) is 7.11 Å². The number of para-hydroxylation sites is 1. The molecule has 4 nitrogen and oxygen atoms in total. The smallest absolute Gasteiger partial charge is 0.125 e. The van der Waals surface area contributed by atoms with Crippen LogP contribution in [0.5, 0.6) is 5.75 Å². The molecule has 2 rings (SSSR count). The van der Waals surface area contributed by atoms with E-state index in [1.807, 2.05) is 18.2 Å². The SMILES string of the molecule is CCC(C)COc1ccccc1C(O)(CCCCOC)C1CCCNC1.Cl. The van der Waals surface area contributed by atoms with Gasteiger partial charge in [-0.2, -0.15) is 0 Å². The Morgan fingerprint density at radius 2 is 2.07 bits per heavy atom. The molecule has 1 heterocycles. The van der Waals surface area contributed by atoms with Crippen molar-refractivity contribution >= 4 is 12.4 Å². The maximum Gasteiger partial charge on any atom is 0.125 e. The van der Waals surface area contributed by atoms with Crippen LogP contribution in [-0.2, 0) is 10.3 Å². The molecule has 27 heavy (non-hydrogen) atoms. The molecule has 1 aromatic rings. The fourth-order valence-electron chi connectivity index (χ4n) is 3.76. The number of nitrogens with one attached hydrogen (secondary N) is 1. The van der Waals surface area contributed by atoms with E-state index in [0.29, 0.717) is 12.5 Å². The van der Waals surface area contributed by atoms with Gasteiger partial charge in [-0.1, -0.05) is 38.5 Å². The Labute approximate surface area is 171 Å². The number of hydrogen-bond donors (Lipinski definition) is 2. The number of halogens is 1. The second-order valence-electron chi connectivity index (χ2n) is 7.74. The van der Waals surface area contributed by atoms with Crippen molar-refractivity contribution in [3.8, 4) is 5.75 Å². The predicted molar refractivity (Wildman–Crippen MR) is 114 cm³/mol. The highest BCUT2D eigenvalue weighted by molar-refractivity contribution is 5.85. The summed E-state index contributed by atoms with van der Waals surface area (Å²) in [5, 5.41) is 15.3. The van der Waals surface area contributed by atoms with Gasteiger partial charge in [0.05, 0.1) is 12.2 Å². The first-order valence-electron chi connectivity index (χ1n) is 10.3. The third kappa shape index (κ3) is 6.94. The van der Waals surface area contributed by atoms with Gasteiger partial charge in [0.2, 0.25) is 0 Å². The van der Waals surface area contributed by atoms with Gasteiger partial charge in [0.1, 0.15) is 5.75 Å². The van der Waals surface area contributed by atoms with Crippen LogP contribution in [0, 0.1) is 11.8 Å². The number of hydrogen-bond acceptors (Lipinski definition) is 4. The second kappa shape index (κ2) is 12.6. The molecule has 0 amide bonds. The molecule has 2 N–H and O–H groups in total. The number of benzene rings is 1. The Morgan fingerprint density at radius 1 is 1.30 bits per heavy atom. The number of rotatable bonds is 11. The molecule has 1 aromatic carbocycles. The molecule has 3 atom stereocenters. The summed E-state index contributed by atoms with van der Waals surface area (Å²) < 4.78 is 11.3. The van der Waals surface area contributed by atoms with Crippen LogP contribution in [0.25, 0.3) is 0 Å². The van der Waals surface area contributed by atoms with Crippen molar-refractivity contribution in [2.24, 2.45) is 11.8 Å². The molecule has 0 saturated carbocycles. The Kier molecular flexibility index (Phi) is 11.3. The number of unbranched alkanes of at least 4 members (excludes halogenated alkanes) is 1. The van der Waals surface area contributed by atoms with Crippen LogP contribution in [0.1, 0.15) is 57.9 Å². The molecule has 156 valence electrons. The van der Waals surface area contributed by atoms with Crippen LogP contribution in [-0.4, -0.2) is 38.5 Å². The molecule has 0 spiro atoms. The molecule has 1 saturated heterocycles. The topological polar surface area (TPSA) is 50.7 Å². The van der Waals surface area contributed by atoms with Crippen LogP contribution in [0.4, 0.5) is 0 Å². The summed E-state index contributed by atoms with van der Waals surface area (Å²) in [5.74, 6) is 1.56. The number of piperidine rings is 1. The standard InChI is InChI=1S/C22H37NO3.ClH/c1-4-18(2)17-26-21-12-6-5-11-20(21)22(24,13-7-8-15-25-3)19-10-9-14-23-16-19;/h5-6,11-12,18-19,23-24H,4,7-10,13-17H2,1-3H3;1H. The summed E-state index contributed by atoms with van der Waals surface area (Å²) >= 11 is 0. The highest BCUT2D eigenvalue weighted by Gasteiger charge is 2.40. The molecular weight excluding hydrogens is 362 g/mol. The van der Waals surface area contributed by atoms with E-state index in [9.17, 15) is 5.11 Å². The van der Waals surface area contributed by atoms with Crippen molar-refractivity contribution in [1.29, 1.82) is 0 Å². The predicted octanol–water partition coefficient (Wildman–Crippen LogP) is 4.54. The van der Waals surface area contributed by atoms with Crippen LogP contribution < -0.4 is 10.1 Å². The average Bonchev–Trinajstić information content (AvgIpc) is 2.70. The second-order valence-corrected chi connectivity index (χ2v) is 7.74. The average molecular weight is 400 g/mol. The van der Waals surface area contributed by atoms with Gasteiger partial charge in [-0.3, -0.25) is 0 Å². The minimum absolute atomic E-state index is 0.